The van der Waals surface area contributed by atoms with Gasteiger partial charge in [0.25, 0.3) is 0 Å². The minimum absolute atomic E-state index is 0.307. The molecule has 0 amide bonds. The molecule has 0 N–H and O–H groups in total. The van der Waals surface area contributed by atoms with Gasteiger partial charge in [-0.2, -0.15) is 13.2 Å². The van der Waals surface area contributed by atoms with Crippen LogP contribution < -0.4 is 4.90 Å². The maximum Gasteiger partial charge on any atom is 0.416 e. The van der Waals surface area contributed by atoms with E-state index in [1.165, 1.54) is 23.2 Å². The molecule has 0 aliphatic heterocycles. The third-order valence-corrected chi connectivity index (χ3v) is 2.82. The summed E-state index contributed by atoms with van der Waals surface area (Å²) >= 11 is 0. The van der Waals surface area contributed by atoms with E-state index in [1.54, 1.807) is 19.2 Å². The fourth-order valence-electron chi connectivity index (χ4n) is 1.79. The third kappa shape index (κ3) is 2.79. The average molecular weight is 280 g/mol. The van der Waals surface area contributed by atoms with Crippen LogP contribution in [0.1, 0.15) is 15.9 Å². The van der Waals surface area contributed by atoms with Crippen molar-refractivity contribution in [1.29, 1.82) is 0 Å². The number of halogens is 3. The topological polar surface area (TPSA) is 33.2 Å². The van der Waals surface area contributed by atoms with Gasteiger partial charge in [-0.1, -0.05) is 6.07 Å². The van der Waals surface area contributed by atoms with Crippen molar-refractivity contribution < 1.29 is 18.0 Å². The van der Waals surface area contributed by atoms with Crippen molar-refractivity contribution in [1.82, 2.24) is 4.98 Å². The van der Waals surface area contributed by atoms with Crippen LogP contribution >= 0.6 is 0 Å². The van der Waals surface area contributed by atoms with E-state index >= 15 is 0 Å². The Balaban J connectivity index is 2.43. The Morgan fingerprint density at radius 2 is 1.95 bits per heavy atom. The lowest BCUT2D eigenvalue weighted by Crippen LogP contribution is -2.14. The molecule has 1 aromatic heterocycles. The number of hydrogen-bond donors (Lipinski definition) is 0. The summed E-state index contributed by atoms with van der Waals surface area (Å²) in [4.78, 5) is 16.4. The lowest BCUT2D eigenvalue weighted by Gasteiger charge is -2.20. The van der Waals surface area contributed by atoms with E-state index in [1.807, 2.05) is 0 Å². The van der Waals surface area contributed by atoms with Gasteiger partial charge >= 0.3 is 6.18 Å². The molecule has 0 saturated carbocycles. The zero-order valence-corrected chi connectivity index (χ0v) is 10.6. The number of carbonyl (C=O) groups is 1. The first-order chi connectivity index (χ1) is 9.43. The molecule has 20 heavy (non-hydrogen) atoms. The number of nitrogens with zero attached hydrogens (tertiary/aromatic N) is 2. The van der Waals surface area contributed by atoms with Gasteiger partial charge < -0.3 is 4.90 Å². The molecule has 0 unspecified atom stereocenters. The standard InChI is InChI=1S/C14H11F3N2O/c1-19(13-10(9-20)4-3-7-18-13)12-6-2-5-11(8-12)14(15,16)17/h2-9H,1H3. The van der Waals surface area contributed by atoms with Crippen molar-refractivity contribution in [3.8, 4) is 0 Å². The lowest BCUT2D eigenvalue weighted by atomic mass is 10.1. The smallest absolute Gasteiger partial charge is 0.329 e. The maximum absolute atomic E-state index is 12.7. The predicted molar refractivity (Wildman–Crippen MR) is 69.1 cm³/mol. The van der Waals surface area contributed by atoms with Gasteiger partial charge in [-0.15, -0.1) is 0 Å². The molecule has 0 aliphatic rings. The number of hydrogen-bond acceptors (Lipinski definition) is 3. The van der Waals surface area contributed by atoms with Crippen LogP contribution in [0, 0.1) is 0 Å². The van der Waals surface area contributed by atoms with E-state index in [4.69, 9.17) is 0 Å². The number of carbonyl (C=O) groups excluding carboxylic acids is 1. The zero-order valence-electron chi connectivity index (χ0n) is 10.6. The highest BCUT2D eigenvalue weighted by atomic mass is 19.4. The molecule has 1 heterocycles. The summed E-state index contributed by atoms with van der Waals surface area (Å²) < 4.78 is 38.1. The molecule has 1 aromatic carbocycles. The van der Waals surface area contributed by atoms with Crippen LogP contribution in [0.4, 0.5) is 24.7 Å². The first kappa shape index (κ1) is 14.0. The molecule has 2 rings (SSSR count). The first-order valence-corrected chi connectivity index (χ1v) is 5.74. The van der Waals surface area contributed by atoms with Gasteiger partial charge in [0.2, 0.25) is 0 Å². The summed E-state index contributed by atoms with van der Waals surface area (Å²) in [6.45, 7) is 0. The van der Waals surface area contributed by atoms with E-state index in [2.05, 4.69) is 4.98 Å². The van der Waals surface area contributed by atoms with Crippen LogP contribution in [0.5, 0.6) is 0 Å². The second-order valence-corrected chi connectivity index (χ2v) is 4.14. The minimum Gasteiger partial charge on any atom is -0.329 e. The second-order valence-electron chi connectivity index (χ2n) is 4.14. The summed E-state index contributed by atoms with van der Waals surface area (Å²) in [7, 11) is 1.56. The van der Waals surface area contributed by atoms with Crippen molar-refractivity contribution in [2.75, 3.05) is 11.9 Å². The minimum atomic E-state index is -4.41. The van der Waals surface area contributed by atoms with E-state index in [9.17, 15) is 18.0 Å². The lowest BCUT2D eigenvalue weighted by molar-refractivity contribution is -0.137. The fraction of sp³-hybridized carbons (Fsp3) is 0.143. The quantitative estimate of drug-likeness (QED) is 0.804. The van der Waals surface area contributed by atoms with Gasteiger partial charge in [-0.05, 0) is 30.3 Å². The van der Waals surface area contributed by atoms with Crippen molar-refractivity contribution in [2.24, 2.45) is 0 Å². The number of alkyl halides is 3. The number of rotatable bonds is 3. The Morgan fingerprint density at radius 1 is 1.20 bits per heavy atom. The van der Waals surface area contributed by atoms with E-state index < -0.39 is 11.7 Å². The molecular formula is C14H11F3N2O. The second kappa shape index (κ2) is 5.32. The van der Waals surface area contributed by atoms with Gasteiger partial charge in [0.15, 0.2) is 6.29 Å². The average Bonchev–Trinajstić information content (AvgIpc) is 2.45. The van der Waals surface area contributed by atoms with Crippen molar-refractivity contribution in [3.05, 3.63) is 53.7 Å². The Bertz CT molecular complexity index is 626. The predicted octanol–water partition coefficient (Wildman–Crippen LogP) is 3.68. The molecular weight excluding hydrogens is 269 g/mol. The molecule has 2 aromatic rings. The van der Waals surface area contributed by atoms with E-state index in [0.29, 0.717) is 23.4 Å². The highest BCUT2D eigenvalue weighted by molar-refractivity contribution is 5.84. The van der Waals surface area contributed by atoms with Crippen LogP contribution in [0.3, 0.4) is 0 Å². The van der Waals surface area contributed by atoms with Crippen LogP contribution in [-0.2, 0) is 6.18 Å². The molecule has 3 nitrogen and oxygen atoms in total. The summed E-state index contributed by atoms with van der Waals surface area (Å²) in [5.74, 6) is 0.307. The molecule has 0 aliphatic carbocycles. The Morgan fingerprint density at radius 3 is 2.60 bits per heavy atom. The molecule has 0 atom stereocenters. The molecule has 6 heteroatoms. The normalized spacial score (nSPS) is 11.2. The number of aldehydes is 1. The maximum atomic E-state index is 12.7. The van der Waals surface area contributed by atoms with E-state index in [-0.39, 0.29) is 0 Å². The highest BCUT2D eigenvalue weighted by Gasteiger charge is 2.30. The first-order valence-electron chi connectivity index (χ1n) is 5.74. The number of aromatic nitrogens is 1. The van der Waals surface area contributed by atoms with Gasteiger partial charge in [0.1, 0.15) is 5.82 Å². The van der Waals surface area contributed by atoms with Crippen LogP contribution in [-0.4, -0.2) is 18.3 Å². The molecule has 0 radical (unpaired) electrons. The van der Waals surface area contributed by atoms with Crippen molar-refractivity contribution in [3.63, 3.8) is 0 Å². The van der Waals surface area contributed by atoms with Crippen LogP contribution in [0.2, 0.25) is 0 Å². The van der Waals surface area contributed by atoms with Crippen LogP contribution in [0.15, 0.2) is 42.6 Å². The SMILES string of the molecule is CN(c1cccc(C(F)(F)F)c1)c1ncccc1C=O. The Kier molecular flexibility index (Phi) is 3.74. The zero-order chi connectivity index (χ0) is 14.8. The van der Waals surface area contributed by atoms with Crippen molar-refractivity contribution >= 4 is 17.8 Å². The molecule has 0 saturated heterocycles. The third-order valence-electron chi connectivity index (χ3n) is 2.82. The summed E-state index contributed by atoms with van der Waals surface area (Å²) in [5, 5.41) is 0. The molecule has 0 spiro atoms. The largest absolute Gasteiger partial charge is 0.416 e. The summed E-state index contributed by atoms with van der Waals surface area (Å²) in [6.07, 6.45) is -2.31. The van der Waals surface area contributed by atoms with Gasteiger partial charge in [-0.3, -0.25) is 4.79 Å². The summed E-state index contributed by atoms with van der Waals surface area (Å²) in [6, 6.07) is 8.00. The Labute approximate surface area is 113 Å². The van der Waals surface area contributed by atoms with Gasteiger partial charge in [0, 0.05) is 18.9 Å². The fourth-order valence-corrected chi connectivity index (χ4v) is 1.79. The van der Waals surface area contributed by atoms with Crippen LogP contribution in [0.25, 0.3) is 0 Å². The molecule has 104 valence electrons. The number of pyridine rings is 1. The number of benzene rings is 1. The Hall–Kier alpha value is -2.37. The van der Waals surface area contributed by atoms with Gasteiger partial charge in [0.05, 0.1) is 11.1 Å². The number of anilines is 2. The highest BCUT2D eigenvalue weighted by Crippen LogP contribution is 2.33. The van der Waals surface area contributed by atoms with E-state index in [0.717, 1.165) is 12.1 Å². The van der Waals surface area contributed by atoms with Crippen molar-refractivity contribution in [2.45, 2.75) is 6.18 Å². The van der Waals surface area contributed by atoms with Gasteiger partial charge in [-0.25, -0.2) is 4.98 Å². The molecule has 0 fully saturated rings. The monoisotopic (exact) mass is 280 g/mol. The molecule has 0 bridgehead atoms. The summed E-state index contributed by atoms with van der Waals surface area (Å²) in [5.41, 5.74) is -0.125.